The van der Waals surface area contributed by atoms with E-state index >= 15 is 0 Å². The summed E-state index contributed by atoms with van der Waals surface area (Å²) in [4.78, 5) is 0. The highest BCUT2D eigenvalue weighted by Gasteiger charge is 2.13. The first-order valence-corrected chi connectivity index (χ1v) is 5.78. The number of hydrogen-bond donors (Lipinski definition) is 1. The van der Waals surface area contributed by atoms with Crippen LogP contribution < -0.4 is 0 Å². The molecule has 15 heavy (non-hydrogen) atoms. The van der Waals surface area contributed by atoms with E-state index < -0.39 is 0 Å². The van der Waals surface area contributed by atoms with Crippen LogP contribution in [-0.4, -0.2) is 5.11 Å². The molecule has 0 bridgehead atoms. The Morgan fingerprint density at radius 3 is 1.73 bits per heavy atom. The van der Waals surface area contributed by atoms with E-state index in [-0.39, 0.29) is 0 Å². The molecule has 0 heterocycles. The molecular weight excluding hydrogens is 184 g/mol. The monoisotopic (exact) mass is 206 g/mol. The molecule has 0 radical (unpaired) electrons. The third kappa shape index (κ3) is 2.17. The summed E-state index contributed by atoms with van der Waals surface area (Å²) in [6.07, 6.45) is 3.58. The Hall–Kier alpha value is -0.980. The maximum absolute atomic E-state index is 9.92. The number of phenols is 1. The molecule has 0 saturated carbocycles. The minimum atomic E-state index is 0.477. The van der Waals surface area contributed by atoms with Gasteiger partial charge >= 0.3 is 0 Å². The molecule has 0 unspecified atom stereocenters. The van der Waals surface area contributed by atoms with Crippen molar-refractivity contribution in [3.05, 3.63) is 27.8 Å². The van der Waals surface area contributed by atoms with Crippen LogP contribution >= 0.6 is 0 Å². The van der Waals surface area contributed by atoms with Crippen LogP contribution in [0, 0.1) is 27.7 Å². The molecule has 0 aromatic heterocycles. The smallest absolute Gasteiger partial charge is 0.121 e. The number of unbranched alkanes of at least 4 members (excludes halogenated alkanes) is 1. The van der Waals surface area contributed by atoms with E-state index in [1.807, 2.05) is 13.8 Å². The molecule has 0 saturated heterocycles. The van der Waals surface area contributed by atoms with Crippen molar-refractivity contribution in [2.75, 3.05) is 0 Å². The van der Waals surface area contributed by atoms with Crippen LogP contribution in [-0.2, 0) is 6.42 Å². The van der Waals surface area contributed by atoms with Crippen LogP contribution in [0.25, 0.3) is 0 Å². The summed E-state index contributed by atoms with van der Waals surface area (Å²) in [6.45, 7) is 10.5. The van der Waals surface area contributed by atoms with Gasteiger partial charge in [0.25, 0.3) is 0 Å². The maximum Gasteiger partial charge on any atom is 0.121 e. The second-order valence-electron chi connectivity index (χ2n) is 4.43. The standard InChI is InChI=1S/C14H22O/c1-6-7-8-13-9(2)11(4)14(15)12(5)10(13)3/h15H,6-8H2,1-5H3. The van der Waals surface area contributed by atoms with Crippen LogP contribution in [0.1, 0.15) is 47.6 Å². The lowest BCUT2D eigenvalue weighted by molar-refractivity contribution is 0.465. The largest absolute Gasteiger partial charge is 0.507 e. The minimum Gasteiger partial charge on any atom is -0.507 e. The minimum absolute atomic E-state index is 0.477. The zero-order chi connectivity index (χ0) is 11.6. The fourth-order valence-electron chi connectivity index (χ4n) is 2.10. The van der Waals surface area contributed by atoms with Gasteiger partial charge in [-0.15, -0.1) is 0 Å². The summed E-state index contributed by atoms with van der Waals surface area (Å²) in [5.74, 6) is 0.477. The third-order valence-electron chi connectivity index (χ3n) is 3.52. The molecule has 1 nitrogen and oxygen atoms in total. The molecule has 0 aliphatic carbocycles. The van der Waals surface area contributed by atoms with Gasteiger partial charge in [-0.1, -0.05) is 13.3 Å². The molecule has 1 rings (SSSR count). The maximum atomic E-state index is 9.92. The highest BCUT2D eigenvalue weighted by Crippen LogP contribution is 2.32. The number of phenolic OH excluding ortho intramolecular Hbond substituents is 1. The fourth-order valence-corrected chi connectivity index (χ4v) is 2.10. The Morgan fingerprint density at radius 2 is 1.33 bits per heavy atom. The Kier molecular flexibility index (Phi) is 3.78. The second kappa shape index (κ2) is 4.69. The van der Waals surface area contributed by atoms with Crippen molar-refractivity contribution in [2.24, 2.45) is 0 Å². The van der Waals surface area contributed by atoms with Crippen molar-refractivity contribution in [2.45, 2.75) is 53.9 Å². The number of benzene rings is 1. The predicted octanol–water partition coefficient (Wildman–Crippen LogP) is 3.97. The predicted molar refractivity (Wildman–Crippen MR) is 65.7 cm³/mol. The Morgan fingerprint density at radius 1 is 0.867 bits per heavy atom. The van der Waals surface area contributed by atoms with Gasteiger partial charge in [0, 0.05) is 0 Å². The first kappa shape index (κ1) is 12.1. The first-order valence-electron chi connectivity index (χ1n) is 5.78. The van der Waals surface area contributed by atoms with E-state index in [9.17, 15) is 5.11 Å². The second-order valence-corrected chi connectivity index (χ2v) is 4.43. The Bertz CT molecular complexity index is 335. The molecule has 0 atom stereocenters. The Balaban J connectivity index is 3.26. The van der Waals surface area contributed by atoms with Gasteiger partial charge < -0.3 is 5.11 Å². The zero-order valence-electron chi connectivity index (χ0n) is 10.6. The summed E-state index contributed by atoms with van der Waals surface area (Å²) < 4.78 is 0. The van der Waals surface area contributed by atoms with Gasteiger partial charge in [0.1, 0.15) is 5.75 Å². The fraction of sp³-hybridized carbons (Fsp3) is 0.571. The molecule has 84 valence electrons. The van der Waals surface area contributed by atoms with E-state index in [0.29, 0.717) is 5.75 Å². The van der Waals surface area contributed by atoms with Crippen LogP contribution in [0.4, 0.5) is 0 Å². The SMILES string of the molecule is CCCCc1c(C)c(C)c(O)c(C)c1C. The summed E-state index contributed by atoms with van der Waals surface area (Å²) >= 11 is 0. The molecule has 0 fully saturated rings. The van der Waals surface area contributed by atoms with Gasteiger partial charge in [-0.3, -0.25) is 0 Å². The van der Waals surface area contributed by atoms with E-state index in [1.165, 1.54) is 29.5 Å². The molecular formula is C14H22O. The molecule has 1 heteroatoms. The quantitative estimate of drug-likeness (QED) is 0.793. The van der Waals surface area contributed by atoms with Gasteiger partial charge in [-0.25, -0.2) is 0 Å². The van der Waals surface area contributed by atoms with Crippen LogP contribution in [0.5, 0.6) is 5.75 Å². The van der Waals surface area contributed by atoms with Gasteiger partial charge in [-0.05, 0) is 68.4 Å². The van der Waals surface area contributed by atoms with Crippen LogP contribution in [0.3, 0.4) is 0 Å². The topological polar surface area (TPSA) is 20.2 Å². The summed E-state index contributed by atoms with van der Waals surface area (Å²) in [7, 11) is 0. The van der Waals surface area contributed by atoms with Crippen molar-refractivity contribution in [1.29, 1.82) is 0 Å². The van der Waals surface area contributed by atoms with E-state index in [4.69, 9.17) is 0 Å². The summed E-state index contributed by atoms with van der Waals surface area (Å²) in [6, 6.07) is 0. The van der Waals surface area contributed by atoms with Gasteiger partial charge in [0.05, 0.1) is 0 Å². The highest BCUT2D eigenvalue weighted by atomic mass is 16.3. The lowest BCUT2D eigenvalue weighted by Crippen LogP contribution is -2.00. The average molecular weight is 206 g/mol. The normalized spacial score (nSPS) is 10.7. The molecule has 0 aliphatic rings. The van der Waals surface area contributed by atoms with E-state index in [0.717, 1.165) is 17.5 Å². The molecule has 0 spiro atoms. The van der Waals surface area contributed by atoms with Gasteiger partial charge in [-0.2, -0.15) is 0 Å². The average Bonchev–Trinajstić information content (AvgIpc) is 2.24. The molecule has 1 N–H and O–H groups in total. The lowest BCUT2D eigenvalue weighted by Gasteiger charge is -2.17. The summed E-state index contributed by atoms with van der Waals surface area (Å²) in [5, 5.41) is 9.92. The van der Waals surface area contributed by atoms with Crippen molar-refractivity contribution in [3.8, 4) is 5.75 Å². The zero-order valence-corrected chi connectivity index (χ0v) is 10.6. The van der Waals surface area contributed by atoms with Crippen molar-refractivity contribution < 1.29 is 5.11 Å². The van der Waals surface area contributed by atoms with Crippen molar-refractivity contribution in [1.82, 2.24) is 0 Å². The lowest BCUT2D eigenvalue weighted by atomic mass is 9.90. The van der Waals surface area contributed by atoms with Crippen LogP contribution in [0.2, 0.25) is 0 Å². The number of hydrogen-bond acceptors (Lipinski definition) is 1. The number of aromatic hydroxyl groups is 1. The van der Waals surface area contributed by atoms with Crippen LogP contribution in [0.15, 0.2) is 0 Å². The van der Waals surface area contributed by atoms with Crippen molar-refractivity contribution in [3.63, 3.8) is 0 Å². The third-order valence-corrected chi connectivity index (χ3v) is 3.52. The van der Waals surface area contributed by atoms with Gasteiger partial charge in [0.15, 0.2) is 0 Å². The highest BCUT2D eigenvalue weighted by molar-refractivity contribution is 5.53. The molecule has 1 aromatic carbocycles. The number of rotatable bonds is 3. The molecule has 1 aromatic rings. The van der Waals surface area contributed by atoms with Gasteiger partial charge in [0.2, 0.25) is 0 Å². The Labute approximate surface area is 93.1 Å². The first-order chi connectivity index (χ1) is 7.00. The summed E-state index contributed by atoms with van der Waals surface area (Å²) in [5.41, 5.74) is 6.06. The molecule has 0 amide bonds. The molecule has 0 aliphatic heterocycles. The van der Waals surface area contributed by atoms with E-state index in [1.54, 1.807) is 0 Å². The van der Waals surface area contributed by atoms with Crippen molar-refractivity contribution >= 4 is 0 Å². The van der Waals surface area contributed by atoms with E-state index in [2.05, 4.69) is 20.8 Å².